The molecule has 56 valence electrons. The molecule has 0 aromatic carbocycles. The molecular formula is C8H13NO. The molecule has 2 aliphatic carbocycles. The van der Waals surface area contributed by atoms with Gasteiger partial charge in [0.2, 0.25) is 5.91 Å². The minimum atomic E-state index is 0.314. The van der Waals surface area contributed by atoms with Gasteiger partial charge in [0.15, 0.2) is 0 Å². The molecule has 0 aliphatic heterocycles. The summed E-state index contributed by atoms with van der Waals surface area (Å²) in [5, 5.41) is 3.02. The molecule has 0 radical (unpaired) electrons. The van der Waals surface area contributed by atoms with Crippen LogP contribution in [0.5, 0.6) is 0 Å². The monoisotopic (exact) mass is 139 g/mol. The maximum atomic E-state index is 11.2. The summed E-state index contributed by atoms with van der Waals surface area (Å²) in [6.07, 6.45) is 5.91. The molecule has 10 heavy (non-hydrogen) atoms. The van der Waals surface area contributed by atoms with Crippen molar-refractivity contribution in [3.63, 3.8) is 0 Å². The minimum Gasteiger partial charge on any atom is -0.353 e. The smallest absolute Gasteiger partial charge is 0.223 e. The molecule has 2 fully saturated rings. The Hall–Kier alpha value is -0.530. The second-order valence-electron chi connectivity index (χ2n) is 3.41. The lowest BCUT2D eigenvalue weighted by Gasteiger charge is -2.23. The average Bonchev–Trinajstić information content (AvgIpc) is 2.43. The normalized spacial score (nSPS) is 25.6. The Balaban J connectivity index is 1.74. The third kappa shape index (κ3) is 1.15. The molecule has 0 aromatic heterocycles. The van der Waals surface area contributed by atoms with E-state index < -0.39 is 0 Å². The van der Waals surface area contributed by atoms with Crippen LogP contribution in [0.2, 0.25) is 0 Å². The number of rotatable bonds is 2. The Morgan fingerprint density at radius 2 is 1.90 bits per heavy atom. The van der Waals surface area contributed by atoms with Crippen molar-refractivity contribution in [3.05, 3.63) is 0 Å². The molecule has 0 atom stereocenters. The van der Waals surface area contributed by atoms with Gasteiger partial charge in [0.1, 0.15) is 0 Å². The van der Waals surface area contributed by atoms with E-state index in [0.717, 1.165) is 12.8 Å². The van der Waals surface area contributed by atoms with Gasteiger partial charge in [-0.2, -0.15) is 0 Å². The van der Waals surface area contributed by atoms with E-state index in [1.165, 1.54) is 19.3 Å². The van der Waals surface area contributed by atoms with Crippen molar-refractivity contribution in [2.45, 2.75) is 38.1 Å². The molecule has 0 unspecified atom stereocenters. The molecule has 1 N–H and O–H groups in total. The van der Waals surface area contributed by atoms with Crippen LogP contribution in [0.1, 0.15) is 32.1 Å². The summed E-state index contributed by atoms with van der Waals surface area (Å²) in [5.74, 6) is 0.689. The molecule has 0 bridgehead atoms. The molecule has 1 amide bonds. The zero-order valence-corrected chi connectivity index (χ0v) is 6.10. The molecule has 0 heterocycles. The number of hydrogen-bond acceptors (Lipinski definition) is 1. The number of amides is 1. The fourth-order valence-electron chi connectivity index (χ4n) is 1.22. The highest BCUT2D eigenvalue weighted by atomic mass is 16.2. The van der Waals surface area contributed by atoms with Crippen LogP contribution < -0.4 is 5.32 Å². The van der Waals surface area contributed by atoms with E-state index >= 15 is 0 Å². The standard InChI is InChI=1S/C8H13NO/c10-8(6-2-1-3-6)9-7-4-5-7/h6-7H,1-5H2,(H,9,10). The number of hydrogen-bond donors (Lipinski definition) is 1. The Bertz CT molecular complexity index is 147. The lowest BCUT2D eigenvalue weighted by Crippen LogP contribution is -2.35. The summed E-state index contributed by atoms with van der Waals surface area (Å²) < 4.78 is 0. The largest absolute Gasteiger partial charge is 0.353 e. The fourth-order valence-corrected chi connectivity index (χ4v) is 1.22. The Morgan fingerprint density at radius 3 is 2.30 bits per heavy atom. The van der Waals surface area contributed by atoms with Crippen LogP contribution in [-0.2, 0) is 4.79 Å². The summed E-state index contributed by atoms with van der Waals surface area (Å²) in [6, 6.07) is 0.549. The van der Waals surface area contributed by atoms with Crippen molar-refractivity contribution in [1.82, 2.24) is 5.32 Å². The van der Waals surface area contributed by atoms with Crippen LogP contribution >= 0.6 is 0 Å². The summed E-state index contributed by atoms with van der Waals surface area (Å²) in [4.78, 5) is 11.2. The summed E-state index contributed by atoms with van der Waals surface area (Å²) in [6.45, 7) is 0. The van der Waals surface area contributed by atoms with Crippen LogP contribution in [0.25, 0.3) is 0 Å². The molecule has 0 aromatic rings. The predicted molar refractivity (Wildman–Crippen MR) is 38.5 cm³/mol. The average molecular weight is 139 g/mol. The molecule has 2 aliphatic rings. The van der Waals surface area contributed by atoms with Crippen molar-refractivity contribution in [2.75, 3.05) is 0 Å². The molecule has 2 nitrogen and oxygen atoms in total. The van der Waals surface area contributed by atoms with Crippen molar-refractivity contribution < 1.29 is 4.79 Å². The van der Waals surface area contributed by atoms with Crippen LogP contribution in [0, 0.1) is 5.92 Å². The van der Waals surface area contributed by atoms with E-state index in [4.69, 9.17) is 0 Å². The number of carbonyl (C=O) groups excluding carboxylic acids is 1. The Labute approximate surface area is 61.0 Å². The van der Waals surface area contributed by atoms with Crippen molar-refractivity contribution in [3.8, 4) is 0 Å². The minimum absolute atomic E-state index is 0.314. The highest BCUT2D eigenvalue weighted by Crippen LogP contribution is 2.28. The van der Waals surface area contributed by atoms with Crippen LogP contribution in [0.4, 0.5) is 0 Å². The lowest BCUT2D eigenvalue weighted by atomic mass is 9.85. The van der Waals surface area contributed by atoms with E-state index in [1.807, 2.05) is 0 Å². The number of carbonyl (C=O) groups is 1. The predicted octanol–water partition coefficient (Wildman–Crippen LogP) is 1.07. The Morgan fingerprint density at radius 1 is 1.20 bits per heavy atom. The quantitative estimate of drug-likeness (QED) is 0.609. The first kappa shape index (κ1) is 6.20. The molecule has 2 saturated carbocycles. The molecule has 2 heteroatoms. The Kier molecular flexibility index (Phi) is 1.40. The van der Waals surface area contributed by atoms with E-state index in [0.29, 0.717) is 17.9 Å². The first-order chi connectivity index (χ1) is 4.86. The van der Waals surface area contributed by atoms with Gasteiger partial charge in [-0.05, 0) is 25.7 Å². The van der Waals surface area contributed by atoms with Crippen LogP contribution in [-0.4, -0.2) is 11.9 Å². The van der Waals surface area contributed by atoms with Crippen molar-refractivity contribution in [1.29, 1.82) is 0 Å². The number of nitrogens with one attached hydrogen (secondary N) is 1. The molecule has 2 rings (SSSR count). The van der Waals surface area contributed by atoms with Gasteiger partial charge in [-0.1, -0.05) is 6.42 Å². The maximum Gasteiger partial charge on any atom is 0.223 e. The van der Waals surface area contributed by atoms with Crippen LogP contribution in [0.15, 0.2) is 0 Å². The fraction of sp³-hybridized carbons (Fsp3) is 0.875. The lowest BCUT2D eigenvalue weighted by molar-refractivity contribution is -0.127. The maximum absolute atomic E-state index is 11.2. The van der Waals surface area contributed by atoms with Gasteiger partial charge in [0.25, 0.3) is 0 Å². The van der Waals surface area contributed by atoms with E-state index in [-0.39, 0.29) is 0 Å². The molecule has 0 spiro atoms. The summed E-state index contributed by atoms with van der Waals surface area (Å²) in [7, 11) is 0. The third-order valence-corrected chi connectivity index (χ3v) is 2.40. The van der Waals surface area contributed by atoms with Crippen LogP contribution in [0.3, 0.4) is 0 Å². The van der Waals surface area contributed by atoms with E-state index in [1.54, 1.807) is 0 Å². The topological polar surface area (TPSA) is 29.1 Å². The van der Waals surface area contributed by atoms with Gasteiger partial charge in [-0.3, -0.25) is 4.79 Å². The zero-order chi connectivity index (χ0) is 6.97. The summed E-state index contributed by atoms with van der Waals surface area (Å²) >= 11 is 0. The zero-order valence-electron chi connectivity index (χ0n) is 6.10. The third-order valence-electron chi connectivity index (χ3n) is 2.40. The van der Waals surface area contributed by atoms with Gasteiger partial charge in [0.05, 0.1) is 0 Å². The highest BCUT2D eigenvalue weighted by molar-refractivity contribution is 5.79. The van der Waals surface area contributed by atoms with E-state index in [9.17, 15) is 4.79 Å². The van der Waals surface area contributed by atoms with Gasteiger partial charge >= 0.3 is 0 Å². The highest BCUT2D eigenvalue weighted by Gasteiger charge is 2.30. The second-order valence-corrected chi connectivity index (χ2v) is 3.41. The van der Waals surface area contributed by atoms with Gasteiger partial charge in [-0.15, -0.1) is 0 Å². The molecular weight excluding hydrogens is 126 g/mol. The van der Waals surface area contributed by atoms with Gasteiger partial charge in [0, 0.05) is 12.0 Å². The SMILES string of the molecule is O=C(NC1CC1)C1CCC1. The summed E-state index contributed by atoms with van der Waals surface area (Å²) in [5.41, 5.74) is 0. The second kappa shape index (κ2) is 2.26. The van der Waals surface area contributed by atoms with Gasteiger partial charge in [-0.25, -0.2) is 0 Å². The first-order valence-corrected chi connectivity index (χ1v) is 4.16. The van der Waals surface area contributed by atoms with Crippen molar-refractivity contribution in [2.24, 2.45) is 5.92 Å². The first-order valence-electron chi connectivity index (χ1n) is 4.16. The van der Waals surface area contributed by atoms with E-state index in [2.05, 4.69) is 5.32 Å². The van der Waals surface area contributed by atoms with Gasteiger partial charge < -0.3 is 5.32 Å². The van der Waals surface area contributed by atoms with Crippen molar-refractivity contribution >= 4 is 5.91 Å². The molecule has 0 saturated heterocycles.